The van der Waals surface area contributed by atoms with E-state index in [0.717, 1.165) is 0 Å². The van der Waals surface area contributed by atoms with Crippen LogP contribution in [0.3, 0.4) is 0 Å². The molecule has 1 aromatic heterocycles. The Bertz CT molecular complexity index is 722. The first kappa shape index (κ1) is 15.5. The van der Waals surface area contributed by atoms with Gasteiger partial charge >= 0.3 is 0 Å². The first-order valence-corrected chi connectivity index (χ1v) is 6.66. The van der Waals surface area contributed by atoms with E-state index in [9.17, 15) is 10.1 Å². The topological polar surface area (TPSA) is 80.4 Å². The fraction of sp³-hybridized carbons (Fsp3) is 0. The van der Waals surface area contributed by atoms with Crippen LogP contribution in [0.15, 0.2) is 35.4 Å². The lowest BCUT2D eigenvalue weighted by Gasteiger charge is -2.04. The van der Waals surface area contributed by atoms with Crippen molar-refractivity contribution in [1.29, 1.82) is 0 Å². The van der Waals surface area contributed by atoms with E-state index in [-0.39, 0.29) is 26.7 Å². The number of benzene rings is 1. The molecule has 0 bridgehead atoms. The van der Waals surface area contributed by atoms with E-state index < -0.39 is 4.92 Å². The number of anilines is 1. The number of hydrazone groups is 1. The fourth-order valence-electron chi connectivity index (χ4n) is 1.45. The molecule has 0 unspecified atom stereocenters. The number of rotatable bonds is 4. The Balaban J connectivity index is 2.21. The molecule has 9 heteroatoms. The zero-order chi connectivity index (χ0) is 15.4. The lowest BCUT2D eigenvalue weighted by atomic mass is 10.2. The number of hydrogen-bond acceptors (Lipinski definition) is 5. The van der Waals surface area contributed by atoms with Crippen molar-refractivity contribution < 1.29 is 4.92 Å². The summed E-state index contributed by atoms with van der Waals surface area (Å²) in [4.78, 5) is 14.3. The molecule has 1 N–H and O–H groups in total. The maximum absolute atomic E-state index is 10.8. The molecule has 0 radical (unpaired) electrons. The Morgan fingerprint density at radius 3 is 2.67 bits per heavy atom. The largest absolute Gasteiger partial charge is 0.278 e. The van der Waals surface area contributed by atoms with Crippen LogP contribution >= 0.6 is 34.8 Å². The zero-order valence-corrected chi connectivity index (χ0v) is 12.5. The van der Waals surface area contributed by atoms with E-state index in [0.29, 0.717) is 5.56 Å². The van der Waals surface area contributed by atoms with Crippen molar-refractivity contribution in [3.8, 4) is 0 Å². The number of para-hydroxylation sites is 1. The van der Waals surface area contributed by atoms with E-state index >= 15 is 0 Å². The fourth-order valence-corrected chi connectivity index (χ4v) is 1.99. The van der Waals surface area contributed by atoms with Gasteiger partial charge < -0.3 is 0 Å². The summed E-state index contributed by atoms with van der Waals surface area (Å²) in [6.07, 6.45) is 1.29. The van der Waals surface area contributed by atoms with Crippen molar-refractivity contribution in [2.75, 3.05) is 5.43 Å². The van der Waals surface area contributed by atoms with Crippen LogP contribution in [-0.4, -0.2) is 16.1 Å². The monoisotopic (exact) mass is 344 g/mol. The average molecular weight is 346 g/mol. The van der Waals surface area contributed by atoms with E-state index in [2.05, 4.69) is 15.5 Å². The standard InChI is InChI=1S/C12H7Cl3N4O2/c13-8-5-9(14)12(17-11(8)15)18-16-6-7-3-1-2-4-10(7)19(20)21/h1-6H,(H,17,18)/b16-6-. The number of nitro groups is 1. The Morgan fingerprint density at radius 1 is 1.24 bits per heavy atom. The van der Waals surface area contributed by atoms with Crippen LogP contribution in [-0.2, 0) is 0 Å². The molecule has 0 aliphatic carbocycles. The van der Waals surface area contributed by atoms with Gasteiger partial charge in [-0.2, -0.15) is 5.10 Å². The Hall–Kier alpha value is -1.89. The summed E-state index contributed by atoms with van der Waals surface area (Å²) in [5, 5.41) is 15.2. The third-order valence-corrected chi connectivity index (χ3v) is 3.36. The summed E-state index contributed by atoms with van der Waals surface area (Å²) < 4.78 is 0. The van der Waals surface area contributed by atoms with Gasteiger partial charge in [0.15, 0.2) is 5.82 Å². The molecule has 0 aliphatic heterocycles. The van der Waals surface area contributed by atoms with E-state index in [1.165, 1.54) is 18.3 Å². The smallest absolute Gasteiger partial charge is 0.260 e. The van der Waals surface area contributed by atoms with Gasteiger partial charge in [0, 0.05) is 6.07 Å². The van der Waals surface area contributed by atoms with Crippen LogP contribution in [0, 0.1) is 10.1 Å². The zero-order valence-electron chi connectivity index (χ0n) is 10.3. The van der Waals surface area contributed by atoms with Crippen LogP contribution in [0.1, 0.15) is 5.56 Å². The lowest BCUT2D eigenvalue weighted by molar-refractivity contribution is -0.385. The second-order valence-electron chi connectivity index (χ2n) is 3.78. The van der Waals surface area contributed by atoms with Crippen LogP contribution in [0.4, 0.5) is 11.5 Å². The summed E-state index contributed by atoms with van der Waals surface area (Å²) in [5.74, 6) is 0.195. The molecule has 0 spiro atoms. The molecule has 1 aromatic carbocycles. The van der Waals surface area contributed by atoms with Gasteiger partial charge in [0.1, 0.15) is 5.15 Å². The molecule has 0 amide bonds. The van der Waals surface area contributed by atoms with Crippen molar-refractivity contribution in [2.45, 2.75) is 0 Å². The molecule has 2 aromatic rings. The average Bonchev–Trinajstić information content (AvgIpc) is 2.44. The molecule has 108 valence electrons. The first-order chi connectivity index (χ1) is 9.99. The SMILES string of the molecule is O=[N+]([O-])c1ccccc1/C=N\Nc1nc(Cl)c(Cl)cc1Cl. The number of halogens is 3. The van der Waals surface area contributed by atoms with Gasteiger partial charge in [0.25, 0.3) is 5.69 Å². The number of hydrogen-bond donors (Lipinski definition) is 1. The summed E-state index contributed by atoms with van der Waals surface area (Å²) in [5.41, 5.74) is 2.84. The van der Waals surface area contributed by atoms with Crippen molar-refractivity contribution in [1.82, 2.24) is 4.98 Å². The first-order valence-electron chi connectivity index (χ1n) is 5.53. The molecule has 1 heterocycles. The second-order valence-corrected chi connectivity index (χ2v) is 4.95. The van der Waals surface area contributed by atoms with Crippen molar-refractivity contribution >= 4 is 52.5 Å². The number of nitro benzene ring substituents is 1. The van der Waals surface area contributed by atoms with Crippen LogP contribution in [0.25, 0.3) is 0 Å². The van der Waals surface area contributed by atoms with E-state index in [1.54, 1.807) is 18.2 Å². The molecular weight excluding hydrogens is 339 g/mol. The van der Waals surface area contributed by atoms with Crippen LogP contribution in [0.2, 0.25) is 15.2 Å². The van der Waals surface area contributed by atoms with Crippen molar-refractivity contribution in [3.05, 3.63) is 61.2 Å². The van der Waals surface area contributed by atoms with E-state index in [1.807, 2.05) is 0 Å². The highest BCUT2D eigenvalue weighted by atomic mass is 35.5. The molecule has 6 nitrogen and oxygen atoms in total. The molecule has 2 rings (SSSR count). The van der Waals surface area contributed by atoms with Crippen LogP contribution < -0.4 is 5.43 Å². The summed E-state index contributed by atoms with van der Waals surface area (Å²) in [6.45, 7) is 0. The minimum Gasteiger partial charge on any atom is -0.260 e. The minimum absolute atomic E-state index is 0.0590. The highest BCUT2D eigenvalue weighted by Crippen LogP contribution is 2.28. The number of nitrogens with zero attached hydrogens (tertiary/aromatic N) is 3. The van der Waals surface area contributed by atoms with Crippen molar-refractivity contribution in [2.24, 2.45) is 5.10 Å². The van der Waals surface area contributed by atoms with Gasteiger partial charge in [-0.05, 0) is 12.1 Å². The van der Waals surface area contributed by atoms with Gasteiger partial charge in [-0.25, -0.2) is 4.98 Å². The van der Waals surface area contributed by atoms with Crippen LogP contribution in [0.5, 0.6) is 0 Å². The predicted molar refractivity (Wildman–Crippen MR) is 83.6 cm³/mol. The third-order valence-electron chi connectivity index (χ3n) is 2.39. The molecule has 0 atom stereocenters. The lowest BCUT2D eigenvalue weighted by Crippen LogP contribution is -1.98. The van der Waals surface area contributed by atoms with Gasteiger partial charge in [-0.1, -0.05) is 46.9 Å². The normalized spacial score (nSPS) is 10.8. The van der Waals surface area contributed by atoms with Gasteiger partial charge in [0.05, 0.1) is 26.7 Å². The molecular formula is C12H7Cl3N4O2. The Labute approximate surface area is 134 Å². The van der Waals surface area contributed by atoms with Gasteiger partial charge in [0.2, 0.25) is 0 Å². The number of pyridine rings is 1. The number of nitrogens with one attached hydrogen (secondary N) is 1. The Kier molecular flexibility index (Phi) is 4.95. The minimum atomic E-state index is -0.494. The molecule has 0 saturated carbocycles. The van der Waals surface area contributed by atoms with E-state index in [4.69, 9.17) is 34.8 Å². The Morgan fingerprint density at radius 2 is 1.95 bits per heavy atom. The molecule has 0 aliphatic rings. The quantitative estimate of drug-likeness (QED) is 0.385. The number of aromatic nitrogens is 1. The summed E-state index contributed by atoms with van der Waals surface area (Å²) >= 11 is 17.4. The summed E-state index contributed by atoms with van der Waals surface area (Å²) in [6, 6.07) is 7.60. The highest BCUT2D eigenvalue weighted by Gasteiger charge is 2.10. The predicted octanol–water partition coefficient (Wildman–Crippen LogP) is 4.40. The third kappa shape index (κ3) is 3.81. The molecule has 0 saturated heterocycles. The maximum atomic E-state index is 10.8. The summed E-state index contributed by atoms with van der Waals surface area (Å²) in [7, 11) is 0. The van der Waals surface area contributed by atoms with Gasteiger partial charge in [-0.3, -0.25) is 15.5 Å². The van der Waals surface area contributed by atoms with Crippen molar-refractivity contribution in [3.63, 3.8) is 0 Å². The van der Waals surface area contributed by atoms with Gasteiger partial charge in [-0.15, -0.1) is 0 Å². The molecule has 0 fully saturated rings. The maximum Gasteiger partial charge on any atom is 0.278 e. The highest BCUT2D eigenvalue weighted by molar-refractivity contribution is 6.42. The molecule has 21 heavy (non-hydrogen) atoms. The second kappa shape index (κ2) is 6.71.